The van der Waals surface area contributed by atoms with Crippen LogP contribution in [0, 0.1) is 0 Å². The molecule has 0 radical (unpaired) electrons. The second kappa shape index (κ2) is 13.9. The molecular weight excluding hydrogens is 787 g/mol. The fourth-order valence-electron chi connectivity index (χ4n) is 10.4. The van der Waals surface area contributed by atoms with Gasteiger partial charge < -0.3 is 9.64 Å². The van der Waals surface area contributed by atoms with Crippen LogP contribution in [0.3, 0.4) is 0 Å². The van der Waals surface area contributed by atoms with Gasteiger partial charge in [-0.15, -0.1) is 0 Å². The van der Waals surface area contributed by atoms with E-state index in [1.165, 1.54) is 37.5 Å². The summed E-state index contributed by atoms with van der Waals surface area (Å²) in [5, 5.41) is 11.0. The Labute approximate surface area is 364 Å². The molecule has 0 unspecified atom stereocenters. The van der Waals surface area contributed by atoms with E-state index in [4.69, 9.17) is 14.7 Å². The number of rotatable bonds is 6. The van der Waals surface area contributed by atoms with E-state index < -0.39 is 8.07 Å². The summed E-state index contributed by atoms with van der Waals surface area (Å²) >= 11 is 0. The Morgan fingerprint density at radius 3 is 1.94 bits per heavy atom. The highest BCUT2D eigenvalue weighted by atomic mass is 28.3. The first-order valence-electron chi connectivity index (χ1n) is 21.3. The standard InChI is InChI=1S/C56H37N5OSi/c1-4-16-38(17-5-1)60-49-27-12-13-28-51(49)63(42-20-6-2-7-21-42,43-22-8-3-9-23-43)52-32-31-50-53(54(52)60)46-25-15-33-57-56(46)61(50)39-18-14-19-40(36-39)62-41-29-30-44-45-24-10-11-26-48(45)59-35-34-58-55(59)47(44)37-41/h1-37H. The van der Waals surface area contributed by atoms with Gasteiger partial charge in [-0.05, 0) is 98.9 Å². The van der Waals surface area contributed by atoms with E-state index in [0.717, 1.165) is 66.7 Å². The SMILES string of the molecule is c1ccc(N2c3ccccc3[Si](c3ccccc3)(c3ccccc3)c3ccc4c(c32)c2cccnc2n4-c2cccc(Oc3ccc4c5ccccc5n5ccnc5c4c3)c2)cc1. The fourth-order valence-corrected chi connectivity index (χ4v) is 15.5. The number of anilines is 3. The van der Waals surface area contributed by atoms with Gasteiger partial charge in [-0.25, -0.2) is 9.97 Å². The van der Waals surface area contributed by atoms with Crippen molar-refractivity contribution < 1.29 is 4.74 Å². The maximum Gasteiger partial charge on any atom is 0.184 e. The maximum absolute atomic E-state index is 6.74. The first-order valence-corrected chi connectivity index (χ1v) is 23.3. The van der Waals surface area contributed by atoms with Crippen LogP contribution >= 0.6 is 0 Å². The van der Waals surface area contributed by atoms with Crippen LogP contribution in [0.1, 0.15) is 0 Å². The summed E-state index contributed by atoms with van der Waals surface area (Å²) in [5.41, 5.74) is 8.45. The molecule has 6 nitrogen and oxygen atoms in total. The number of ether oxygens (including phenoxy) is 1. The van der Waals surface area contributed by atoms with Crippen molar-refractivity contribution in [1.29, 1.82) is 0 Å². The third-order valence-corrected chi connectivity index (χ3v) is 17.7. The summed E-state index contributed by atoms with van der Waals surface area (Å²) < 4.78 is 11.2. The Balaban J connectivity index is 1.05. The Kier molecular flexibility index (Phi) is 7.82. The first kappa shape index (κ1) is 35.5. The number of hydrogen-bond donors (Lipinski definition) is 0. The van der Waals surface area contributed by atoms with Crippen molar-refractivity contribution in [1.82, 2.24) is 18.9 Å². The lowest BCUT2D eigenvalue weighted by atomic mass is 10.1. The Morgan fingerprint density at radius 2 is 1.11 bits per heavy atom. The maximum atomic E-state index is 6.74. The van der Waals surface area contributed by atoms with Crippen LogP contribution in [0.4, 0.5) is 17.1 Å². The molecule has 5 heterocycles. The third-order valence-electron chi connectivity index (χ3n) is 12.9. The van der Waals surface area contributed by atoms with Crippen molar-refractivity contribution in [2.45, 2.75) is 0 Å². The number of benzene rings is 8. The van der Waals surface area contributed by atoms with Crippen molar-refractivity contribution in [2.24, 2.45) is 0 Å². The molecule has 0 aliphatic carbocycles. The minimum absolute atomic E-state index is 0.732. The topological polar surface area (TPSA) is 47.6 Å². The summed E-state index contributed by atoms with van der Waals surface area (Å²) in [6.45, 7) is 0. The summed E-state index contributed by atoms with van der Waals surface area (Å²) in [7, 11) is -2.92. The molecule has 0 saturated carbocycles. The lowest BCUT2D eigenvalue weighted by Gasteiger charge is -2.45. The third kappa shape index (κ3) is 5.17. The zero-order chi connectivity index (χ0) is 41.5. The van der Waals surface area contributed by atoms with Gasteiger partial charge in [0.1, 0.15) is 22.8 Å². The Hall–Kier alpha value is -8.26. The molecule has 0 bridgehead atoms. The molecule has 63 heavy (non-hydrogen) atoms. The number of imidazole rings is 1. The molecule has 0 fully saturated rings. The molecular formula is C56H37N5OSi. The van der Waals surface area contributed by atoms with Crippen LogP contribution < -0.4 is 30.4 Å². The summed E-state index contributed by atoms with van der Waals surface area (Å²) in [6, 6.07) is 74.5. The smallest absolute Gasteiger partial charge is 0.184 e. The molecule has 1 aliphatic heterocycles. The van der Waals surface area contributed by atoms with E-state index in [-0.39, 0.29) is 0 Å². The first-order chi connectivity index (χ1) is 31.3. The second-order valence-corrected chi connectivity index (χ2v) is 19.9. The van der Waals surface area contributed by atoms with E-state index in [2.05, 4.69) is 214 Å². The van der Waals surface area contributed by atoms with Crippen LogP contribution in [0.2, 0.25) is 0 Å². The molecule has 1 aliphatic rings. The predicted molar refractivity (Wildman–Crippen MR) is 261 cm³/mol. The van der Waals surface area contributed by atoms with Crippen LogP contribution in [-0.2, 0) is 0 Å². The van der Waals surface area contributed by atoms with E-state index in [9.17, 15) is 0 Å². The molecule has 296 valence electrons. The highest BCUT2D eigenvalue weighted by Crippen LogP contribution is 2.46. The van der Waals surface area contributed by atoms with Gasteiger partial charge >= 0.3 is 0 Å². The van der Waals surface area contributed by atoms with Gasteiger partial charge in [-0.2, -0.15) is 0 Å². The van der Waals surface area contributed by atoms with Gasteiger partial charge in [0.2, 0.25) is 0 Å². The lowest BCUT2D eigenvalue weighted by Crippen LogP contribution is -2.77. The molecule has 13 rings (SSSR count). The van der Waals surface area contributed by atoms with Crippen LogP contribution in [-0.4, -0.2) is 27.0 Å². The molecule has 0 N–H and O–H groups in total. The van der Waals surface area contributed by atoms with Crippen molar-refractivity contribution in [3.63, 3.8) is 0 Å². The number of fused-ring (bicyclic) bond motifs is 12. The highest BCUT2D eigenvalue weighted by Gasteiger charge is 2.49. The molecule has 0 spiro atoms. The second-order valence-electron chi connectivity index (χ2n) is 16.2. The van der Waals surface area contributed by atoms with Crippen molar-refractivity contribution in [2.75, 3.05) is 4.90 Å². The zero-order valence-electron chi connectivity index (χ0n) is 34.0. The average molecular weight is 824 g/mol. The number of nitrogens with zero attached hydrogens (tertiary/aromatic N) is 5. The zero-order valence-corrected chi connectivity index (χ0v) is 35.0. The quantitative estimate of drug-likeness (QED) is 0.124. The Morgan fingerprint density at radius 1 is 0.429 bits per heavy atom. The van der Waals surface area contributed by atoms with Crippen molar-refractivity contribution in [3.05, 3.63) is 225 Å². The van der Waals surface area contributed by atoms with E-state index in [1.807, 2.05) is 24.7 Å². The van der Waals surface area contributed by atoms with Crippen LogP contribution in [0.25, 0.3) is 54.9 Å². The van der Waals surface area contributed by atoms with Gasteiger partial charge in [-0.3, -0.25) is 8.97 Å². The summed E-state index contributed by atoms with van der Waals surface area (Å²) in [4.78, 5) is 12.4. The normalized spacial score (nSPS) is 13.2. The molecule has 0 saturated heterocycles. The van der Waals surface area contributed by atoms with Crippen molar-refractivity contribution >= 4 is 95.1 Å². The average Bonchev–Trinajstić information content (AvgIpc) is 3.99. The van der Waals surface area contributed by atoms with Crippen molar-refractivity contribution in [3.8, 4) is 17.2 Å². The number of hydrogen-bond acceptors (Lipinski definition) is 4. The van der Waals surface area contributed by atoms with Gasteiger partial charge in [0.25, 0.3) is 0 Å². The van der Waals surface area contributed by atoms with E-state index >= 15 is 0 Å². The number of aromatic nitrogens is 4. The minimum atomic E-state index is -2.92. The fraction of sp³-hybridized carbons (Fsp3) is 0. The molecule has 0 atom stereocenters. The van der Waals surface area contributed by atoms with Crippen LogP contribution in [0.5, 0.6) is 11.5 Å². The van der Waals surface area contributed by atoms with E-state index in [0.29, 0.717) is 0 Å². The Bertz CT molecular complexity index is 3690. The molecule has 12 aromatic rings. The van der Waals surface area contributed by atoms with Crippen LogP contribution in [0.15, 0.2) is 225 Å². The lowest BCUT2D eigenvalue weighted by molar-refractivity contribution is 0.483. The summed E-state index contributed by atoms with van der Waals surface area (Å²) in [5.74, 6) is 1.48. The molecule has 8 aromatic carbocycles. The minimum Gasteiger partial charge on any atom is -0.457 e. The predicted octanol–water partition coefficient (Wildman–Crippen LogP) is 11.1. The van der Waals surface area contributed by atoms with Gasteiger partial charge in [0.15, 0.2) is 8.07 Å². The molecule has 7 heteroatoms. The number of pyridine rings is 2. The monoisotopic (exact) mass is 823 g/mol. The summed E-state index contributed by atoms with van der Waals surface area (Å²) in [6.07, 6.45) is 5.78. The van der Waals surface area contributed by atoms with Gasteiger partial charge in [0, 0.05) is 57.6 Å². The number of para-hydroxylation sites is 3. The van der Waals surface area contributed by atoms with Gasteiger partial charge in [-0.1, -0.05) is 127 Å². The largest absolute Gasteiger partial charge is 0.457 e. The highest BCUT2D eigenvalue weighted by molar-refractivity contribution is 7.21. The molecule has 0 amide bonds. The van der Waals surface area contributed by atoms with Gasteiger partial charge in [0.05, 0.1) is 22.4 Å². The van der Waals surface area contributed by atoms with E-state index in [1.54, 1.807) is 0 Å². The molecule has 4 aromatic heterocycles.